The smallest absolute Gasteiger partial charge is 0.135 e. The minimum absolute atomic E-state index is 0.443. The van der Waals surface area contributed by atoms with E-state index in [9.17, 15) is 0 Å². The third kappa shape index (κ3) is 2.01. The highest BCUT2D eigenvalue weighted by Gasteiger charge is 2.24. The number of benzene rings is 2. The van der Waals surface area contributed by atoms with Crippen LogP contribution in [0.2, 0.25) is 0 Å². The summed E-state index contributed by atoms with van der Waals surface area (Å²) in [6, 6.07) is 17.2. The van der Waals surface area contributed by atoms with E-state index in [1.165, 1.54) is 27.6 Å². The molecule has 0 spiro atoms. The van der Waals surface area contributed by atoms with Gasteiger partial charge in [0, 0.05) is 16.9 Å². The van der Waals surface area contributed by atoms with Gasteiger partial charge in [0.05, 0.1) is 0 Å². The van der Waals surface area contributed by atoms with Gasteiger partial charge in [0.1, 0.15) is 11.3 Å². The van der Waals surface area contributed by atoms with Crippen LogP contribution in [-0.4, -0.2) is 0 Å². The number of hydrogen-bond acceptors (Lipinski definition) is 1. The number of allylic oxidation sites excluding steroid dienone is 2. The molecule has 1 heteroatoms. The van der Waals surface area contributed by atoms with Crippen LogP contribution in [0.1, 0.15) is 35.3 Å². The van der Waals surface area contributed by atoms with Crippen LogP contribution in [0.4, 0.5) is 0 Å². The summed E-state index contributed by atoms with van der Waals surface area (Å²) in [4.78, 5) is 0. The van der Waals surface area contributed by atoms with Crippen LogP contribution < -0.4 is 0 Å². The fourth-order valence-electron chi connectivity index (χ4n) is 3.39. The number of rotatable bonds is 1. The van der Waals surface area contributed by atoms with E-state index in [2.05, 4.69) is 62.4 Å². The molecule has 2 aromatic carbocycles. The van der Waals surface area contributed by atoms with Gasteiger partial charge in [-0.15, -0.1) is 0 Å². The zero-order valence-corrected chi connectivity index (χ0v) is 12.4. The summed E-state index contributed by atoms with van der Waals surface area (Å²) in [5, 5.41) is 1.26. The molecule has 3 aromatic rings. The van der Waals surface area contributed by atoms with Gasteiger partial charge in [-0.3, -0.25) is 0 Å². The van der Waals surface area contributed by atoms with E-state index in [1.807, 2.05) is 6.07 Å². The van der Waals surface area contributed by atoms with Crippen LogP contribution in [0.3, 0.4) is 0 Å². The predicted molar refractivity (Wildman–Crippen MR) is 87.5 cm³/mol. The molecule has 1 atom stereocenters. The van der Waals surface area contributed by atoms with Crippen molar-refractivity contribution in [3.63, 3.8) is 0 Å². The van der Waals surface area contributed by atoms with E-state index >= 15 is 0 Å². The molecule has 0 aliphatic heterocycles. The standard InChI is InChI=1S/C20H18O/c1-13-6-5-7-15(10-13)16-11-14(2)20-18(12-16)17-8-3-4-9-19(17)21-20/h3-11,16H,12H2,1-2H3. The lowest BCUT2D eigenvalue weighted by Gasteiger charge is -2.20. The summed E-state index contributed by atoms with van der Waals surface area (Å²) in [7, 11) is 0. The van der Waals surface area contributed by atoms with Crippen LogP contribution >= 0.6 is 0 Å². The number of hydrogen-bond donors (Lipinski definition) is 0. The van der Waals surface area contributed by atoms with Crippen molar-refractivity contribution in [2.24, 2.45) is 0 Å². The molecule has 0 fully saturated rings. The molecule has 1 aromatic heterocycles. The maximum Gasteiger partial charge on any atom is 0.135 e. The molecule has 1 aliphatic rings. The monoisotopic (exact) mass is 274 g/mol. The topological polar surface area (TPSA) is 13.1 Å². The fourth-order valence-corrected chi connectivity index (χ4v) is 3.39. The van der Waals surface area contributed by atoms with Crippen molar-refractivity contribution in [2.75, 3.05) is 0 Å². The normalized spacial score (nSPS) is 17.6. The Hall–Kier alpha value is -2.28. The largest absolute Gasteiger partial charge is 0.456 e. The first-order valence-corrected chi connectivity index (χ1v) is 7.48. The van der Waals surface area contributed by atoms with E-state index in [1.54, 1.807) is 0 Å². The van der Waals surface area contributed by atoms with Gasteiger partial charge in [0.2, 0.25) is 0 Å². The highest BCUT2D eigenvalue weighted by atomic mass is 16.3. The van der Waals surface area contributed by atoms with Gasteiger partial charge in [-0.25, -0.2) is 0 Å². The van der Waals surface area contributed by atoms with Crippen LogP contribution in [0.15, 0.2) is 59.0 Å². The van der Waals surface area contributed by atoms with E-state index in [0.717, 1.165) is 17.8 Å². The number of aryl methyl sites for hydroxylation is 1. The molecule has 0 N–H and O–H groups in total. The Balaban J connectivity index is 1.85. The zero-order valence-electron chi connectivity index (χ0n) is 12.4. The average Bonchev–Trinajstić information content (AvgIpc) is 2.87. The van der Waals surface area contributed by atoms with Gasteiger partial charge in [0.15, 0.2) is 0 Å². The molecular formula is C20H18O. The molecule has 0 radical (unpaired) electrons. The molecule has 1 aliphatic carbocycles. The van der Waals surface area contributed by atoms with Crippen molar-refractivity contribution in [2.45, 2.75) is 26.2 Å². The van der Waals surface area contributed by atoms with E-state index in [-0.39, 0.29) is 0 Å². The Morgan fingerprint density at radius 3 is 2.71 bits per heavy atom. The van der Waals surface area contributed by atoms with Gasteiger partial charge >= 0.3 is 0 Å². The fraction of sp³-hybridized carbons (Fsp3) is 0.200. The Bertz CT molecular complexity index is 851. The third-order valence-corrected chi connectivity index (χ3v) is 4.40. The SMILES string of the molecule is CC1=CC(c2cccc(C)c2)Cc2c1oc1ccccc21. The molecule has 4 rings (SSSR count). The first-order chi connectivity index (χ1) is 10.2. The molecule has 1 nitrogen and oxygen atoms in total. The lowest BCUT2D eigenvalue weighted by Crippen LogP contribution is -2.06. The van der Waals surface area contributed by atoms with Crippen LogP contribution in [0.25, 0.3) is 16.5 Å². The third-order valence-electron chi connectivity index (χ3n) is 4.40. The van der Waals surface area contributed by atoms with Gasteiger partial charge in [0.25, 0.3) is 0 Å². The first kappa shape index (κ1) is 12.5. The van der Waals surface area contributed by atoms with Gasteiger partial charge < -0.3 is 4.42 Å². The van der Waals surface area contributed by atoms with Crippen molar-refractivity contribution >= 4 is 16.5 Å². The molecule has 1 heterocycles. The Morgan fingerprint density at radius 1 is 1.00 bits per heavy atom. The molecule has 0 saturated carbocycles. The predicted octanol–water partition coefficient (Wildman–Crippen LogP) is 5.48. The highest BCUT2D eigenvalue weighted by Crippen LogP contribution is 2.39. The lowest BCUT2D eigenvalue weighted by molar-refractivity contribution is 0.585. The van der Waals surface area contributed by atoms with E-state index in [0.29, 0.717) is 5.92 Å². The average molecular weight is 274 g/mol. The van der Waals surface area contributed by atoms with Gasteiger partial charge in [-0.2, -0.15) is 0 Å². The van der Waals surface area contributed by atoms with Gasteiger partial charge in [-0.1, -0.05) is 54.1 Å². The highest BCUT2D eigenvalue weighted by molar-refractivity contribution is 5.87. The quantitative estimate of drug-likeness (QED) is 0.572. The van der Waals surface area contributed by atoms with E-state index in [4.69, 9.17) is 4.42 Å². The van der Waals surface area contributed by atoms with E-state index < -0.39 is 0 Å². The lowest BCUT2D eigenvalue weighted by atomic mass is 9.84. The molecule has 1 unspecified atom stereocenters. The summed E-state index contributed by atoms with van der Waals surface area (Å²) >= 11 is 0. The van der Waals surface area contributed by atoms with Crippen molar-refractivity contribution in [3.05, 3.63) is 77.1 Å². The maximum atomic E-state index is 6.04. The molecule has 21 heavy (non-hydrogen) atoms. The molecule has 0 amide bonds. The van der Waals surface area contributed by atoms with Crippen molar-refractivity contribution in [1.29, 1.82) is 0 Å². The summed E-state index contributed by atoms with van der Waals surface area (Å²) in [5.41, 5.74) is 6.32. The Kier molecular flexibility index (Phi) is 2.75. The second-order valence-electron chi connectivity index (χ2n) is 5.98. The summed E-state index contributed by atoms with van der Waals surface area (Å²) in [5.74, 6) is 1.51. The minimum Gasteiger partial charge on any atom is -0.456 e. The van der Waals surface area contributed by atoms with Crippen molar-refractivity contribution in [1.82, 2.24) is 0 Å². The molecule has 0 saturated heterocycles. The first-order valence-electron chi connectivity index (χ1n) is 7.48. The van der Waals surface area contributed by atoms with Crippen molar-refractivity contribution < 1.29 is 4.42 Å². The maximum absolute atomic E-state index is 6.04. The molecular weight excluding hydrogens is 256 g/mol. The zero-order chi connectivity index (χ0) is 14.4. The van der Waals surface area contributed by atoms with Crippen LogP contribution in [0, 0.1) is 6.92 Å². The minimum atomic E-state index is 0.443. The summed E-state index contributed by atoms with van der Waals surface area (Å²) in [6.45, 7) is 4.31. The molecule has 104 valence electrons. The Morgan fingerprint density at radius 2 is 1.86 bits per heavy atom. The number of fused-ring (bicyclic) bond motifs is 3. The summed E-state index contributed by atoms with van der Waals surface area (Å²) < 4.78 is 6.04. The second-order valence-corrected chi connectivity index (χ2v) is 5.98. The summed E-state index contributed by atoms with van der Waals surface area (Å²) in [6.07, 6.45) is 3.37. The van der Waals surface area contributed by atoms with Crippen LogP contribution in [-0.2, 0) is 6.42 Å². The Labute approximate surface area is 124 Å². The van der Waals surface area contributed by atoms with Gasteiger partial charge in [-0.05, 0) is 37.5 Å². The molecule has 0 bridgehead atoms. The number of para-hydroxylation sites is 1. The van der Waals surface area contributed by atoms with Crippen molar-refractivity contribution in [3.8, 4) is 0 Å². The number of furan rings is 1. The second kappa shape index (κ2) is 4.63. The van der Waals surface area contributed by atoms with Crippen LogP contribution in [0.5, 0.6) is 0 Å².